The van der Waals surface area contributed by atoms with Crippen LogP contribution in [-0.2, 0) is 0 Å². The highest BCUT2D eigenvalue weighted by Gasteiger charge is 2.42. The lowest BCUT2D eigenvalue weighted by atomic mass is 10.1. The van der Waals surface area contributed by atoms with Crippen LogP contribution >= 0.6 is 12.6 Å². The molecule has 0 aliphatic heterocycles. The summed E-state index contributed by atoms with van der Waals surface area (Å²) in [5.41, 5.74) is 0.0609. The van der Waals surface area contributed by atoms with Crippen LogP contribution in [0.15, 0.2) is 18.2 Å². The smallest absolute Gasteiger partial charge is 0.311 e. The molecule has 1 aromatic carbocycles. The van der Waals surface area contributed by atoms with Gasteiger partial charge in [-0.1, -0.05) is 0 Å². The zero-order valence-corrected chi connectivity index (χ0v) is 11.0. The van der Waals surface area contributed by atoms with Crippen LogP contribution in [0.1, 0.15) is 12.8 Å². The van der Waals surface area contributed by atoms with E-state index in [1.54, 1.807) is 12.1 Å². The summed E-state index contributed by atoms with van der Waals surface area (Å²) in [6, 6.07) is 4.50. The van der Waals surface area contributed by atoms with Gasteiger partial charge in [0, 0.05) is 17.5 Å². The van der Waals surface area contributed by atoms with Gasteiger partial charge in [0.15, 0.2) is 0 Å². The Balaban J connectivity index is 2.16. The normalized spacial score (nSPS) is 16.1. The number of benzene rings is 1. The molecule has 1 aromatic rings. The molecule has 0 unspecified atom stereocenters. The fourth-order valence-corrected chi connectivity index (χ4v) is 2.05. The second-order valence-corrected chi connectivity index (χ2v) is 4.85. The molecule has 0 atom stereocenters. The Morgan fingerprint density at radius 2 is 2.22 bits per heavy atom. The monoisotopic (exact) mass is 269 g/mol. The van der Waals surface area contributed by atoms with Gasteiger partial charge in [0.2, 0.25) is 5.75 Å². The molecular weight excluding hydrogens is 254 g/mol. The van der Waals surface area contributed by atoms with Gasteiger partial charge in [0.1, 0.15) is 5.75 Å². The van der Waals surface area contributed by atoms with Crippen molar-refractivity contribution in [2.24, 2.45) is 5.41 Å². The molecule has 1 aliphatic rings. The summed E-state index contributed by atoms with van der Waals surface area (Å²) in [7, 11) is 1.51. The lowest BCUT2D eigenvalue weighted by Gasteiger charge is -2.14. The minimum Gasteiger partial charge on any atom is -0.497 e. The Morgan fingerprint density at radius 3 is 2.72 bits per heavy atom. The number of nitro benzene ring substituents is 1. The van der Waals surface area contributed by atoms with Crippen LogP contribution in [0.5, 0.6) is 11.5 Å². The predicted octanol–water partition coefficient (Wildman–Crippen LogP) is 2.69. The molecule has 0 N–H and O–H groups in total. The predicted molar refractivity (Wildman–Crippen MR) is 70.7 cm³/mol. The maximum absolute atomic E-state index is 10.9. The second-order valence-electron chi connectivity index (χ2n) is 4.54. The molecule has 0 bridgehead atoms. The van der Waals surface area contributed by atoms with Crippen LogP contribution in [-0.4, -0.2) is 24.4 Å². The third-order valence-electron chi connectivity index (χ3n) is 3.19. The Morgan fingerprint density at radius 1 is 1.50 bits per heavy atom. The van der Waals surface area contributed by atoms with E-state index in [-0.39, 0.29) is 16.9 Å². The molecule has 1 aliphatic carbocycles. The van der Waals surface area contributed by atoms with E-state index in [2.05, 4.69) is 12.6 Å². The summed E-state index contributed by atoms with van der Waals surface area (Å²) < 4.78 is 10.6. The molecule has 0 radical (unpaired) electrons. The standard InChI is InChI=1S/C12H15NO4S/c1-16-9-2-3-10(13(14)15)11(6-9)17-7-12(8-18)4-5-12/h2-3,6,18H,4-5,7-8H2,1H3. The van der Waals surface area contributed by atoms with Crippen LogP contribution in [0.3, 0.4) is 0 Å². The first-order valence-corrected chi connectivity index (χ1v) is 6.29. The maximum Gasteiger partial charge on any atom is 0.311 e. The van der Waals surface area contributed by atoms with E-state index in [4.69, 9.17) is 9.47 Å². The molecule has 98 valence electrons. The van der Waals surface area contributed by atoms with Gasteiger partial charge in [-0.25, -0.2) is 0 Å². The molecule has 2 rings (SSSR count). The highest BCUT2D eigenvalue weighted by Crippen LogP contribution is 2.47. The molecule has 5 nitrogen and oxygen atoms in total. The van der Waals surface area contributed by atoms with Gasteiger partial charge in [0.05, 0.1) is 18.6 Å². The van der Waals surface area contributed by atoms with Gasteiger partial charge >= 0.3 is 5.69 Å². The molecule has 6 heteroatoms. The summed E-state index contributed by atoms with van der Waals surface area (Å²) >= 11 is 4.28. The van der Waals surface area contributed by atoms with Crippen molar-refractivity contribution in [2.75, 3.05) is 19.5 Å². The first-order chi connectivity index (χ1) is 8.60. The molecule has 0 amide bonds. The summed E-state index contributed by atoms with van der Waals surface area (Å²) in [4.78, 5) is 10.5. The average molecular weight is 269 g/mol. The number of ether oxygens (including phenoxy) is 2. The molecule has 1 fully saturated rings. The number of nitrogens with zero attached hydrogens (tertiary/aromatic N) is 1. The van der Waals surface area contributed by atoms with Crippen molar-refractivity contribution < 1.29 is 14.4 Å². The molecular formula is C12H15NO4S. The molecule has 0 heterocycles. The molecule has 0 spiro atoms. The van der Waals surface area contributed by atoms with Crippen LogP contribution < -0.4 is 9.47 Å². The number of rotatable bonds is 6. The third-order valence-corrected chi connectivity index (χ3v) is 3.86. The van der Waals surface area contributed by atoms with Crippen LogP contribution in [0, 0.1) is 15.5 Å². The van der Waals surface area contributed by atoms with E-state index in [1.807, 2.05) is 0 Å². The zero-order chi connectivity index (χ0) is 13.2. The number of thiol groups is 1. The summed E-state index contributed by atoms with van der Waals surface area (Å²) in [6.07, 6.45) is 2.13. The maximum atomic E-state index is 10.9. The van der Waals surface area contributed by atoms with E-state index < -0.39 is 4.92 Å². The largest absolute Gasteiger partial charge is 0.497 e. The lowest BCUT2D eigenvalue weighted by molar-refractivity contribution is -0.385. The first-order valence-electron chi connectivity index (χ1n) is 5.66. The Labute approximate surface area is 111 Å². The highest BCUT2D eigenvalue weighted by molar-refractivity contribution is 7.80. The summed E-state index contributed by atoms with van der Waals surface area (Å²) in [5, 5.41) is 10.9. The quantitative estimate of drug-likeness (QED) is 0.490. The first kappa shape index (κ1) is 13.0. The van der Waals surface area contributed by atoms with Crippen molar-refractivity contribution in [1.82, 2.24) is 0 Å². The van der Waals surface area contributed by atoms with Crippen molar-refractivity contribution in [3.05, 3.63) is 28.3 Å². The van der Waals surface area contributed by atoms with Crippen molar-refractivity contribution in [2.45, 2.75) is 12.8 Å². The number of methoxy groups -OCH3 is 1. The number of nitro groups is 1. The minimum absolute atomic E-state index is 0.0363. The van der Waals surface area contributed by atoms with Gasteiger partial charge in [-0.3, -0.25) is 10.1 Å². The fourth-order valence-electron chi connectivity index (χ4n) is 1.64. The molecule has 18 heavy (non-hydrogen) atoms. The molecule has 1 saturated carbocycles. The topological polar surface area (TPSA) is 61.6 Å². The molecule has 0 aromatic heterocycles. The van der Waals surface area contributed by atoms with E-state index >= 15 is 0 Å². The van der Waals surface area contributed by atoms with Gasteiger partial charge in [-0.15, -0.1) is 0 Å². The van der Waals surface area contributed by atoms with Crippen molar-refractivity contribution in [3.8, 4) is 11.5 Å². The number of hydrogen-bond acceptors (Lipinski definition) is 5. The van der Waals surface area contributed by atoms with Crippen molar-refractivity contribution >= 4 is 18.3 Å². The average Bonchev–Trinajstić information content (AvgIpc) is 3.16. The SMILES string of the molecule is COc1ccc([N+](=O)[O-])c(OCC2(CS)CC2)c1. The fraction of sp³-hybridized carbons (Fsp3) is 0.500. The Hall–Kier alpha value is -1.43. The third kappa shape index (κ3) is 2.69. The van der Waals surface area contributed by atoms with E-state index in [0.29, 0.717) is 12.4 Å². The Kier molecular flexibility index (Phi) is 3.65. The highest BCUT2D eigenvalue weighted by atomic mass is 32.1. The van der Waals surface area contributed by atoms with Crippen LogP contribution in [0.25, 0.3) is 0 Å². The van der Waals surface area contributed by atoms with E-state index in [0.717, 1.165) is 18.6 Å². The van der Waals surface area contributed by atoms with Gasteiger partial charge in [-0.2, -0.15) is 12.6 Å². The van der Waals surface area contributed by atoms with Crippen LogP contribution in [0.2, 0.25) is 0 Å². The van der Waals surface area contributed by atoms with Crippen LogP contribution in [0.4, 0.5) is 5.69 Å². The van der Waals surface area contributed by atoms with Gasteiger partial charge in [0.25, 0.3) is 0 Å². The van der Waals surface area contributed by atoms with Gasteiger partial charge < -0.3 is 9.47 Å². The van der Waals surface area contributed by atoms with Gasteiger partial charge in [-0.05, 0) is 24.7 Å². The summed E-state index contributed by atoms with van der Waals surface area (Å²) in [6.45, 7) is 0.463. The minimum atomic E-state index is -0.449. The van der Waals surface area contributed by atoms with Crippen molar-refractivity contribution in [3.63, 3.8) is 0 Å². The number of hydrogen-bond donors (Lipinski definition) is 1. The zero-order valence-electron chi connectivity index (χ0n) is 10.1. The summed E-state index contributed by atoms with van der Waals surface area (Å²) in [5.74, 6) is 1.55. The second kappa shape index (κ2) is 5.06. The van der Waals surface area contributed by atoms with E-state index in [9.17, 15) is 10.1 Å². The van der Waals surface area contributed by atoms with Crippen molar-refractivity contribution in [1.29, 1.82) is 0 Å². The Bertz CT molecular complexity index is 459. The lowest BCUT2D eigenvalue weighted by Crippen LogP contribution is -2.15. The molecule has 0 saturated heterocycles. The van der Waals surface area contributed by atoms with E-state index in [1.165, 1.54) is 13.2 Å².